The first-order chi connectivity index (χ1) is 7.00. The molecule has 0 bridgehead atoms. The Kier molecular flexibility index (Phi) is 3.54. The van der Waals surface area contributed by atoms with E-state index >= 15 is 0 Å². The van der Waals surface area contributed by atoms with Crippen molar-refractivity contribution in [2.24, 2.45) is 0 Å². The maximum absolute atomic E-state index is 13.1. The monoisotopic (exact) mass is 218 g/mol. The molecule has 0 aromatic heterocycles. The van der Waals surface area contributed by atoms with Crippen LogP contribution in [-0.4, -0.2) is 18.9 Å². The third-order valence-electron chi connectivity index (χ3n) is 1.65. The van der Waals surface area contributed by atoms with Crippen molar-refractivity contribution >= 4 is 11.6 Å². The highest BCUT2D eigenvalue weighted by atomic mass is 19.3. The van der Waals surface area contributed by atoms with Gasteiger partial charge in [-0.15, -0.1) is 0 Å². The number of hydrogen-bond donors (Lipinski definition) is 2. The van der Waals surface area contributed by atoms with Crippen molar-refractivity contribution in [3.8, 4) is 0 Å². The van der Waals surface area contributed by atoms with Crippen molar-refractivity contribution in [3.63, 3.8) is 0 Å². The number of anilines is 1. The van der Waals surface area contributed by atoms with Gasteiger partial charge in [0.25, 0.3) is 12.3 Å². The number of benzene rings is 1. The molecule has 0 atom stereocenters. The lowest BCUT2D eigenvalue weighted by Gasteiger charge is -2.05. The summed E-state index contributed by atoms with van der Waals surface area (Å²) in [7, 11) is 0. The van der Waals surface area contributed by atoms with Gasteiger partial charge in [-0.25, -0.2) is 13.2 Å². The second-order valence-electron chi connectivity index (χ2n) is 2.84. The molecule has 0 fully saturated rings. The molecule has 0 spiro atoms. The Morgan fingerprint density at radius 1 is 1.47 bits per heavy atom. The highest BCUT2D eigenvalue weighted by Crippen LogP contribution is 2.11. The van der Waals surface area contributed by atoms with Crippen LogP contribution in [-0.2, 0) is 0 Å². The third kappa shape index (κ3) is 3.16. The summed E-state index contributed by atoms with van der Waals surface area (Å²) in [5.74, 6) is -1.71. The number of nitrogens with two attached hydrogens (primary N) is 1. The number of carbonyl (C=O) groups excluding carboxylic acids is 1. The van der Waals surface area contributed by atoms with Crippen LogP contribution in [0.4, 0.5) is 18.9 Å². The maximum atomic E-state index is 13.1. The summed E-state index contributed by atoms with van der Waals surface area (Å²) in [5.41, 5.74) is 5.12. The maximum Gasteiger partial charge on any atom is 0.255 e. The second-order valence-corrected chi connectivity index (χ2v) is 2.84. The normalized spacial score (nSPS) is 10.4. The van der Waals surface area contributed by atoms with E-state index in [1.165, 1.54) is 6.07 Å². The van der Waals surface area contributed by atoms with E-state index in [1.54, 1.807) is 0 Å². The first-order valence-corrected chi connectivity index (χ1v) is 4.12. The molecule has 6 heteroatoms. The summed E-state index contributed by atoms with van der Waals surface area (Å²) in [6, 6.07) is 3.42. The SMILES string of the molecule is Nc1ccc(C(=O)NCC(F)F)c(F)c1. The lowest BCUT2D eigenvalue weighted by Crippen LogP contribution is -2.29. The van der Waals surface area contributed by atoms with Crippen molar-refractivity contribution in [2.75, 3.05) is 12.3 Å². The molecule has 1 aromatic rings. The van der Waals surface area contributed by atoms with Crippen LogP contribution in [0.15, 0.2) is 18.2 Å². The summed E-state index contributed by atoms with van der Waals surface area (Å²) in [5, 5.41) is 1.89. The zero-order chi connectivity index (χ0) is 11.4. The largest absolute Gasteiger partial charge is 0.399 e. The fourth-order valence-corrected chi connectivity index (χ4v) is 0.981. The molecule has 3 N–H and O–H groups in total. The van der Waals surface area contributed by atoms with Crippen molar-refractivity contribution < 1.29 is 18.0 Å². The Morgan fingerprint density at radius 3 is 2.67 bits per heavy atom. The second kappa shape index (κ2) is 4.68. The topological polar surface area (TPSA) is 55.1 Å². The predicted octanol–water partition coefficient (Wildman–Crippen LogP) is 1.40. The van der Waals surface area contributed by atoms with Crippen LogP contribution in [0, 0.1) is 5.82 Å². The van der Waals surface area contributed by atoms with Gasteiger partial charge in [0.05, 0.1) is 12.1 Å². The number of carbonyl (C=O) groups is 1. The van der Waals surface area contributed by atoms with Crippen LogP contribution in [0.5, 0.6) is 0 Å². The summed E-state index contributed by atoms with van der Waals surface area (Å²) >= 11 is 0. The minimum Gasteiger partial charge on any atom is -0.399 e. The van der Waals surface area contributed by atoms with Gasteiger partial charge < -0.3 is 11.1 Å². The highest BCUT2D eigenvalue weighted by Gasteiger charge is 2.13. The molecule has 1 aromatic carbocycles. The molecule has 0 radical (unpaired) electrons. The Bertz CT molecular complexity index is 368. The Balaban J connectivity index is 2.74. The summed E-state index contributed by atoms with van der Waals surface area (Å²) in [6.07, 6.45) is -2.66. The van der Waals surface area contributed by atoms with E-state index in [2.05, 4.69) is 0 Å². The number of halogens is 3. The van der Waals surface area contributed by atoms with Crippen LogP contribution < -0.4 is 11.1 Å². The number of nitrogens with one attached hydrogen (secondary N) is 1. The van der Waals surface area contributed by atoms with Gasteiger partial charge in [0, 0.05) is 5.69 Å². The zero-order valence-corrected chi connectivity index (χ0v) is 7.64. The summed E-state index contributed by atoms with van der Waals surface area (Å²) in [4.78, 5) is 11.2. The molecule has 0 aliphatic carbocycles. The van der Waals surface area contributed by atoms with Crippen LogP contribution in [0.25, 0.3) is 0 Å². The number of amides is 1. The van der Waals surface area contributed by atoms with Gasteiger partial charge in [-0.3, -0.25) is 4.79 Å². The van der Waals surface area contributed by atoms with Crippen molar-refractivity contribution in [1.82, 2.24) is 5.32 Å². The molecule has 0 unspecified atom stereocenters. The van der Waals surface area contributed by atoms with Crippen LogP contribution in [0.1, 0.15) is 10.4 Å². The molecule has 15 heavy (non-hydrogen) atoms. The molecule has 1 amide bonds. The number of nitrogen functional groups attached to an aromatic ring is 1. The van der Waals surface area contributed by atoms with E-state index in [1.807, 2.05) is 5.32 Å². The first-order valence-electron chi connectivity index (χ1n) is 4.12. The average molecular weight is 218 g/mol. The molecule has 1 rings (SSSR count). The van der Waals surface area contributed by atoms with Crippen LogP contribution in [0.2, 0.25) is 0 Å². The molecular weight excluding hydrogens is 209 g/mol. The van der Waals surface area contributed by atoms with Crippen molar-refractivity contribution in [3.05, 3.63) is 29.6 Å². The zero-order valence-electron chi connectivity index (χ0n) is 7.64. The van der Waals surface area contributed by atoms with E-state index < -0.39 is 24.7 Å². The Hall–Kier alpha value is -1.72. The molecular formula is C9H9F3N2O. The Labute approximate surface area is 84.1 Å². The molecule has 0 saturated heterocycles. The number of hydrogen-bond acceptors (Lipinski definition) is 2. The summed E-state index contributed by atoms with van der Waals surface area (Å²) < 4.78 is 36.6. The fraction of sp³-hybridized carbons (Fsp3) is 0.222. The van der Waals surface area contributed by atoms with Crippen LogP contribution >= 0.6 is 0 Å². The molecule has 0 saturated carbocycles. The number of alkyl halides is 2. The van der Waals surface area contributed by atoms with E-state index in [-0.39, 0.29) is 11.3 Å². The van der Waals surface area contributed by atoms with Gasteiger partial charge in [0.15, 0.2) is 0 Å². The summed E-state index contributed by atoms with van der Waals surface area (Å²) in [6.45, 7) is -0.803. The van der Waals surface area contributed by atoms with Gasteiger partial charge in [-0.2, -0.15) is 0 Å². The molecule has 0 aliphatic heterocycles. The van der Waals surface area contributed by atoms with E-state index in [9.17, 15) is 18.0 Å². The average Bonchev–Trinajstić information content (AvgIpc) is 2.14. The number of rotatable bonds is 3. The Morgan fingerprint density at radius 2 is 2.13 bits per heavy atom. The quantitative estimate of drug-likeness (QED) is 0.753. The van der Waals surface area contributed by atoms with E-state index in [4.69, 9.17) is 5.73 Å². The van der Waals surface area contributed by atoms with Gasteiger partial charge in [-0.05, 0) is 18.2 Å². The molecule has 0 heterocycles. The molecule has 3 nitrogen and oxygen atoms in total. The van der Waals surface area contributed by atoms with Crippen molar-refractivity contribution in [2.45, 2.75) is 6.43 Å². The molecule has 0 aliphatic rings. The predicted molar refractivity (Wildman–Crippen MR) is 49.1 cm³/mol. The van der Waals surface area contributed by atoms with Gasteiger partial charge >= 0.3 is 0 Å². The minimum absolute atomic E-state index is 0.165. The van der Waals surface area contributed by atoms with Gasteiger partial charge in [0.1, 0.15) is 5.82 Å². The first kappa shape index (κ1) is 11.4. The lowest BCUT2D eigenvalue weighted by atomic mass is 10.2. The standard InChI is InChI=1S/C9H9F3N2O/c10-7-3-5(13)1-2-6(7)9(15)14-4-8(11)12/h1-3,8H,4,13H2,(H,14,15). The molecule has 82 valence electrons. The van der Waals surface area contributed by atoms with Crippen molar-refractivity contribution in [1.29, 1.82) is 0 Å². The van der Waals surface area contributed by atoms with E-state index in [0.717, 1.165) is 12.1 Å². The highest BCUT2D eigenvalue weighted by molar-refractivity contribution is 5.94. The third-order valence-corrected chi connectivity index (χ3v) is 1.65. The minimum atomic E-state index is -2.66. The lowest BCUT2D eigenvalue weighted by molar-refractivity contribution is 0.0888. The van der Waals surface area contributed by atoms with E-state index in [0.29, 0.717) is 0 Å². The smallest absolute Gasteiger partial charge is 0.255 e. The van der Waals surface area contributed by atoms with Crippen LogP contribution in [0.3, 0.4) is 0 Å². The van der Waals surface area contributed by atoms with Gasteiger partial charge in [-0.1, -0.05) is 0 Å². The fourth-order valence-electron chi connectivity index (χ4n) is 0.981. The van der Waals surface area contributed by atoms with Gasteiger partial charge in [0.2, 0.25) is 0 Å².